The van der Waals surface area contributed by atoms with Gasteiger partial charge in [-0.15, -0.1) is 0 Å². The molecule has 2 heterocycles. The second kappa shape index (κ2) is 7.87. The molecular formula is C34H23NO2. The Bertz CT molecular complexity index is 2260. The third-order valence-corrected chi connectivity index (χ3v) is 7.45. The number of pyridine rings is 1. The Kier molecular flexibility index (Phi) is 4.58. The molecule has 37 heavy (non-hydrogen) atoms. The van der Waals surface area contributed by atoms with E-state index in [9.17, 15) is 9.59 Å². The van der Waals surface area contributed by atoms with Gasteiger partial charge in [0, 0.05) is 32.3 Å². The van der Waals surface area contributed by atoms with E-state index in [4.69, 9.17) is 0 Å². The SMILES string of the molecule is Cc1ccc2c(c1)c1ccccc1c(=O)c1ccccc1c1cc(C)cc3c4ccccc4c(=O)n2c13. The molecule has 0 aliphatic heterocycles. The quantitative estimate of drug-likeness (QED) is 0.211. The minimum Gasteiger partial charge on any atom is -0.289 e. The molecule has 7 aromatic rings. The first-order valence-electron chi connectivity index (χ1n) is 12.5. The molecule has 0 aliphatic carbocycles. The molecular weight excluding hydrogens is 454 g/mol. The van der Waals surface area contributed by atoms with E-state index >= 15 is 0 Å². The van der Waals surface area contributed by atoms with Gasteiger partial charge in [0.25, 0.3) is 5.56 Å². The molecule has 0 atom stereocenters. The highest BCUT2D eigenvalue weighted by Gasteiger charge is 2.15. The van der Waals surface area contributed by atoms with Crippen LogP contribution >= 0.6 is 0 Å². The zero-order chi connectivity index (χ0) is 25.3. The summed E-state index contributed by atoms with van der Waals surface area (Å²) in [7, 11) is 0. The third-order valence-electron chi connectivity index (χ3n) is 7.45. The fourth-order valence-electron chi connectivity index (χ4n) is 5.82. The topological polar surface area (TPSA) is 38.5 Å². The minimum absolute atomic E-state index is 0.0232. The summed E-state index contributed by atoms with van der Waals surface area (Å²) in [5.41, 5.74) is 3.63. The van der Waals surface area contributed by atoms with Crippen LogP contribution in [0.2, 0.25) is 0 Å². The van der Waals surface area contributed by atoms with Crippen LogP contribution in [0.1, 0.15) is 11.1 Å². The van der Waals surface area contributed by atoms with Crippen LogP contribution in [-0.4, -0.2) is 4.40 Å². The lowest BCUT2D eigenvalue weighted by Gasteiger charge is -2.14. The summed E-state index contributed by atoms with van der Waals surface area (Å²) in [6.45, 7) is 4.10. The van der Waals surface area contributed by atoms with Crippen molar-refractivity contribution in [2.24, 2.45) is 0 Å². The zero-order valence-corrected chi connectivity index (χ0v) is 20.6. The number of rotatable bonds is 0. The molecule has 0 radical (unpaired) electrons. The zero-order valence-electron chi connectivity index (χ0n) is 20.6. The molecule has 3 nitrogen and oxygen atoms in total. The molecule has 176 valence electrons. The van der Waals surface area contributed by atoms with E-state index in [-0.39, 0.29) is 11.0 Å². The average molecular weight is 478 g/mol. The van der Waals surface area contributed by atoms with Crippen LogP contribution in [-0.2, 0) is 0 Å². The summed E-state index contributed by atoms with van der Waals surface area (Å²) in [5, 5.41) is 7.24. The van der Waals surface area contributed by atoms with Gasteiger partial charge in [0.2, 0.25) is 0 Å². The largest absolute Gasteiger partial charge is 0.289 e. The highest BCUT2D eigenvalue weighted by atomic mass is 16.1. The van der Waals surface area contributed by atoms with Crippen LogP contribution in [0.3, 0.4) is 0 Å². The van der Waals surface area contributed by atoms with Crippen molar-refractivity contribution in [3.05, 3.63) is 135 Å². The van der Waals surface area contributed by atoms with Gasteiger partial charge in [0.05, 0.1) is 11.0 Å². The number of hydrogen-bond acceptors (Lipinski definition) is 2. The van der Waals surface area contributed by atoms with Crippen LogP contribution < -0.4 is 11.0 Å². The van der Waals surface area contributed by atoms with Crippen molar-refractivity contribution < 1.29 is 0 Å². The Balaban J connectivity index is 2.05. The molecule has 0 unspecified atom stereocenters. The van der Waals surface area contributed by atoms with E-state index in [0.717, 1.165) is 54.5 Å². The predicted octanol–water partition coefficient (Wildman–Crippen LogP) is 7.60. The number of aromatic nitrogens is 1. The summed E-state index contributed by atoms with van der Waals surface area (Å²) >= 11 is 0. The molecule has 0 N–H and O–H groups in total. The molecule has 0 spiro atoms. The first-order valence-corrected chi connectivity index (χ1v) is 12.5. The summed E-state index contributed by atoms with van der Waals surface area (Å²) in [6, 6.07) is 33.6. The van der Waals surface area contributed by atoms with Crippen molar-refractivity contribution in [3.63, 3.8) is 0 Å². The van der Waals surface area contributed by atoms with Crippen molar-refractivity contribution in [3.8, 4) is 0 Å². The maximum Gasteiger partial charge on any atom is 0.263 e. The van der Waals surface area contributed by atoms with Crippen LogP contribution in [0.5, 0.6) is 0 Å². The molecule has 3 heteroatoms. The van der Waals surface area contributed by atoms with E-state index in [0.29, 0.717) is 16.2 Å². The molecule has 2 aromatic heterocycles. The molecule has 0 saturated heterocycles. The number of nitrogens with zero attached hydrogens (tertiary/aromatic N) is 1. The predicted molar refractivity (Wildman–Crippen MR) is 156 cm³/mol. The van der Waals surface area contributed by atoms with E-state index in [1.807, 2.05) is 96.3 Å². The van der Waals surface area contributed by atoms with Gasteiger partial charge in [0.15, 0.2) is 5.43 Å². The molecule has 5 aromatic carbocycles. The van der Waals surface area contributed by atoms with Gasteiger partial charge in [-0.2, -0.15) is 0 Å². The van der Waals surface area contributed by atoms with E-state index < -0.39 is 0 Å². The fraction of sp³-hybridized carbons (Fsp3) is 0.0588. The molecule has 7 rings (SSSR count). The van der Waals surface area contributed by atoms with Crippen LogP contribution in [0.4, 0.5) is 0 Å². The van der Waals surface area contributed by atoms with Crippen molar-refractivity contribution in [1.82, 2.24) is 4.40 Å². The Hall–Kier alpha value is -4.76. The van der Waals surface area contributed by atoms with Gasteiger partial charge >= 0.3 is 0 Å². The highest BCUT2D eigenvalue weighted by Crippen LogP contribution is 2.33. The van der Waals surface area contributed by atoms with Gasteiger partial charge < -0.3 is 0 Å². The van der Waals surface area contributed by atoms with Crippen molar-refractivity contribution in [2.75, 3.05) is 0 Å². The second-order valence-corrected chi connectivity index (χ2v) is 9.84. The van der Waals surface area contributed by atoms with Gasteiger partial charge in [-0.25, -0.2) is 0 Å². The fourth-order valence-corrected chi connectivity index (χ4v) is 5.82. The molecule has 0 bridgehead atoms. The van der Waals surface area contributed by atoms with Crippen LogP contribution in [0.25, 0.3) is 59.5 Å². The third kappa shape index (κ3) is 3.07. The standard InChI is InChI=1S/C34H23NO2/c1-20-15-16-31-28(17-20)22-9-3-6-12-25(22)33(36)26-13-7-4-10-23(26)29-18-21(2)19-30-24-11-5-8-14-27(24)34(37)35(31)32(29)30/h3-19H,1-2H3. The van der Waals surface area contributed by atoms with Gasteiger partial charge in [0.1, 0.15) is 0 Å². The molecule has 0 saturated carbocycles. The summed E-state index contributed by atoms with van der Waals surface area (Å²) in [5.74, 6) is 0. The van der Waals surface area contributed by atoms with Crippen LogP contribution in [0.15, 0.2) is 113 Å². The normalized spacial score (nSPS) is 11.7. The van der Waals surface area contributed by atoms with Crippen LogP contribution in [0, 0.1) is 13.8 Å². The molecule has 0 aliphatic rings. The van der Waals surface area contributed by atoms with E-state index in [1.165, 1.54) is 0 Å². The summed E-state index contributed by atoms with van der Waals surface area (Å²) in [4.78, 5) is 28.5. The first kappa shape index (κ1) is 21.5. The number of benzene rings is 5. The second-order valence-electron chi connectivity index (χ2n) is 9.84. The smallest absolute Gasteiger partial charge is 0.263 e. The lowest BCUT2D eigenvalue weighted by atomic mass is 9.97. The van der Waals surface area contributed by atoms with Gasteiger partial charge in [-0.3, -0.25) is 14.0 Å². The monoisotopic (exact) mass is 477 g/mol. The minimum atomic E-state index is -0.0693. The van der Waals surface area contributed by atoms with Crippen molar-refractivity contribution >= 4 is 59.5 Å². The summed E-state index contributed by atoms with van der Waals surface area (Å²) in [6.07, 6.45) is 0. The Morgan fingerprint density at radius 3 is 1.51 bits per heavy atom. The Morgan fingerprint density at radius 2 is 0.919 bits per heavy atom. The maximum absolute atomic E-state index is 14.3. The van der Waals surface area contributed by atoms with Gasteiger partial charge in [-0.1, -0.05) is 78.4 Å². The maximum atomic E-state index is 14.3. The lowest BCUT2D eigenvalue weighted by Crippen LogP contribution is -2.15. The highest BCUT2D eigenvalue weighted by molar-refractivity contribution is 6.19. The first-order chi connectivity index (χ1) is 18.0. The number of fused-ring (bicyclic) bond motifs is 8. The molecule has 0 fully saturated rings. The average Bonchev–Trinajstić information content (AvgIpc) is 2.93. The Labute approximate surface area is 212 Å². The van der Waals surface area contributed by atoms with Gasteiger partial charge in [-0.05, 0) is 65.9 Å². The Morgan fingerprint density at radius 1 is 0.459 bits per heavy atom. The molecule has 0 amide bonds. The summed E-state index contributed by atoms with van der Waals surface area (Å²) < 4.78 is 1.87. The van der Waals surface area contributed by atoms with E-state index in [1.54, 1.807) is 0 Å². The number of aryl methyl sites for hydroxylation is 2. The number of hydrogen-bond donors (Lipinski definition) is 0. The van der Waals surface area contributed by atoms with Crippen molar-refractivity contribution in [1.29, 1.82) is 0 Å². The van der Waals surface area contributed by atoms with Crippen molar-refractivity contribution in [2.45, 2.75) is 13.8 Å². The van der Waals surface area contributed by atoms with E-state index in [2.05, 4.69) is 25.1 Å². The lowest BCUT2D eigenvalue weighted by molar-refractivity contribution is 1.19.